The maximum absolute atomic E-state index is 13.3. The molecule has 1 fully saturated rings. The minimum atomic E-state index is -2.83. The van der Waals surface area contributed by atoms with Gasteiger partial charge in [0.15, 0.2) is 0 Å². The number of aliphatic imine (C=N–C) groups is 1. The molecule has 142 valence electrons. The topological polar surface area (TPSA) is 69.2 Å². The third-order valence-electron chi connectivity index (χ3n) is 3.68. The number of halogens is 2. The highest BCUT2D eigenvalue weighted by Gasteiger charge is 2.31. The molecule has 0 bridgehead atoms. The molecule has 1 aliphatic rings. The highest BCUT2D eigenvalue weighted by molar-refractivity contribution is 7.80. The minimum absolute atomic E-state index is 0.0123. The smallest absolute Gasteiger partial charge is 0.318 e. The van der Waals surface area contributed by atoms with Gasteiger partial charge in [-0.1, -0.05) is 25.6 Å². The summed E-state index contributed by atoms with van der Waals surface area (Å²) in [5, 5.41) is 4.17. The summed E-state index contributed by atoms with van der Waals surface area (Å²) >= 11 is 5.07. The van der Waals surface area contributed by atoms with Crippen LogP contribution in [0.4, 0.5) is 13.6 Å². The molecular weight excluding hydrogens is 352 g/mol. The average molecular weight is 377 g/mol. The number of allylic oxidation sites excluding steroid dienone is 1. The van der Waals surface area contributed by atoms with Gasteiger partial charge in [0, 0.05) is 26.7 Å². The fourth-order valence-electron chi connectivity index (χ4n) is 2.55. The maximum atomic E-state index is 13.3. The van der Waals surface area contributed by atoms with Crippen molar-refractivity contribution in [2.24, 2.45) is 4.99 Å². The van der Waals surface area contributed by atoms with Crippen molar-refractivity contribution >= 4 is 30.0 Å². The van der Waals surface area contributed by atoms with Crippen molar-refractivity contribution in [1.29, 1.82) is 0 Å². The molecule has 1 heterocycles. The van der Waals surface area contributed by atoms with Crippen LogP contribution in [0.1, 0.15) is 19.8 Å². The van der Waals surface area contributed by atoms with Crippen LogP contribution in [0.2, 0.25) is 0 Å². The van der Waals surface area contributed by atoms with Crippen molar-refractivity contribution in [1.82, 2.24) is 20.7 Å². The molecule has 1 atom stereocenters. The molecule has 1 aliphatic heterocycles. The van der Waals surface area contributed by atoms with Gasteiger partial charge in [0.1, 0.15) is 10.7 Å². The first-order chi connectivity index (χ1) is 11.8. The number of methoxy groups -OCH3 is 1. The van der Waals surface area contributed by atoms with E-state index in [0.29, 0.717) is 11.5 Å². The molecule has 0 aromatic rings. The predicted octanol–water partition coefficient (Wildman–Crippen LogP) is 1.77. The monoisotopic (exact) mass is 377 g/mol. The van der Waals surface area contributed by atoms with E-state index in [1.165, 1.54) is 24.1 Å². The Balaban J connectivity index is 2.98. The van der Waals surface area contributed by atoms with Crippen LogP contribution >= 0.6 is 12.2 Å². The van der Waals surface area contributed by atoms with Gasteiger partial charge in [-0.2, -0.15) is 0 Å². The number of rotatable bonds is 10. The van der Waals surface area contributed by atoms with Crippen LogP contribution in [0.15, 0.2) is 16.4 Å². The summed E-state index contributed by atoms with van der Waals surface area (Å²) in [4.78, 5) is 17.3. The molecule has 1 unspecified atom stereocenters. The van der Waals surface area contributed by atoms with E-state index in [0.717, 1.165) is 12.8 Å². The average Bonchev–Trinajstić information content (AvgIpc) is 2.86. The Bertz CT molecular complexity index is 530. The molecule has 2 amide bonds. The van der Waals surface area contributed by atoms with Crippen molar-refractivity contribution < 1.29 is 18.3 Å². The number of hydrogen-bond donors (Lipinski definition) is 2. The summed E-state index contributed by atoms with van der Waals surface area (Å²) in [5.41, 5.74) is 2.40. The lowest BCUT2D eigenvalue weighted by molar-refractivity contribution is 0.175. The summed E-state index contributed by atoms with van der Waals surface area (Å²) in [6, 6.07) is -0.278. The number of urea groups is 1. The van der Waals surface area contributed by atoms with Crippen molar-refractivity contribution in [3.8, 4) is 0 Å². The molecule has 7 nitrogen and oxygen atoms in total. The third-order valence-corrected chi connectivity index (χ3v) is 3.89. The van der Waals surface area contributed by atoms with E-state index in [1.807, 2.05) is 6.92 Å². The Morgan fingerprint density at radius 2 is 2.32 bits per heavy atom. The predicted molar refractivity (Wildman–Crippen MR) is 96.8 cm³/mol. The summed E-state index contributed by atoms with van der Waals surface area (Å²) < 4.78 is 31.6. The highest BCUT2D eigenvalue weighted by atomic mass is 32.1. The van der Waals surface area contributed by atoms with Gasteiger partial charge >= 0.3 is 6.03 Å². The Morgan fingerprint density at radius 3 is 2.84 bits per heavy atom. The van der Waals surface area contributed by atoms with E-state index >= 15 is 0 Å². The van der Waals surface area contributed by atoms with Crippen LogP contribution in [0.25, 0.3) is 0 Å². The van der Waals surface area contributed by atoms with Gasteiger partial charge in [0.2, 0.25) is 0 Å². The van der Waals surface area contributed by atoms with Gasteiger partial charge in [-0.15, -0.1) is 0 Å². The summed E-state index contributed by atoms with van der Waals surface area (Å²) in [5.74, 6) is 0. The number of thiocarbonyl (C=S) groups is 1. The molecule has 0 aliphatic carbocycles. The third kappa shape index (κ3) is 6.20. The second kappa shape index (κ2) is 10.2. The molecule has 10 heteroatoms. The number of likely N-dealkylation sites (N-methyl/N-ethyl adjacent to an activating group) is 1. The van der Waals surface area contributed by atoms with Crippen molar-refractivity contribution in [3.63, 3.8) is 0 Å². The summed E-state index contributed by atoms with van der Waals surface area (Å²) in [6.07, 6.45) is -1.08. The quantitative estimate of drug-likeness (QED) is 0.345. The molecule has 0 spiro atoms. The van der Waals surface area contributed by atoms with E-state index in [1.54, 1.807) is 0 Å². The molecule has 0 aromatic carbocycles. The number of carbonyl (C=O) groups is 1. The first-order valence-corrected chi connectivity index (χ1v) is 8.30. The zero-order chi connectivity index (χ0) is 19.0. The number of amides is 2. The standard InChI is InChI=1S/C15H25F2N5O2S/c1-5-6-10-7-22(15(23)19-10)8-11(13(18-2)14(16)17)21(3)20-12(25)9-24-4/h10,14H,2,5-9H2,1,3-4H3,(H,19,23)(H,20,25)/b13-11-. The number of ether oxygens (including phenoxy) is 1. The Hall–Kier alpha value is -1.81. The summed E-state index contributed by atoms with van der Waals surface area (Å²) in [6.45, 7) is 5.79. The SMILES string of the molecule is C=N/C(=C(/CN1CC(CCC)NC1=O)N(C)NC(=S)COC)C(F)F. The van der Waals surface area contributed by atoms with E-state index in [2.05, 4.69) is 22.5 Å². The summed E-state index contributed by atoms with van der Waals surface area (Å²) in [7, 11) is 3.01. The molecular formula is C15H25F2N5O2S. The first-order valence-electron chi connectivity index (χ1n) is 7.89. The largest absolute Gasteiger partial charge is 0.378 e. The first kappa shape index (κ1) is 21.2. The Kier molecular flexibility index (Phi) is 8.70. The molecule has 0 radical (unpaired) electrons. The number of hydrogen-bond acceptors (Lipinski definition) is 5. The number of carbonyl (C=O) groups excluding carboxylic acids is 1. The number of nitrogens with one attached hydrogen (secondary N) is 2. The van der Waals surface area contributed by atoms with Gasteiger partial charge in [-0.3, -0.25) is 15.4 Å². The lowest BCUT2D eigenvalue weighted by Gasteiger charge is -2.28. The van der Waals surface area contributed by atoms with E-state index in [4.69, 9.17) is 17.0 Å². The zero-order valence-corrected chi connectivity index (χ0v) is 15.5. The molecule has 1 rings (SSSR count). The second-order valence-electron chi connectivity index (χ2n) is 5.63. The Morgan fingerprint density at radius 1 is 1.64 bits per heavy atom. The number of hydrazine groups is 1. The van der Waals surface area contributed by atoms with E-state index < -0.39 is 12.1 Å². The van der Waals surface area contributed by atoms with Gasteiger partial charge in [0.05, 0.1) is 18.8 Å². The minimum Gasteiger partial charge on any atom is -0.378 e. The van der Waals surface area contributed by atoms with Crippen LogP contribution in [0.5, 0.6) is 0 Å². The Labute approximate surface area is 152 Å². The van der Waals surface area contributed by atoms with E-state index in [-0.39, 0.29) is 30.9 Å². The van der Waals surface area contributed by atoms with Gasteiger partial charge in [0.25, 0.3) is 6.43 Å². The fraction of sp³-hybridized carbons (Fsp3) is 0.667. The number of alkyl halides is 2. The fourth-order valence-corrected chi connectivity index (χ4v) is 2.81. The molecule has 0 saturated carbocycles. The van der Waals surface area contributed by atoms with Crippen molar-refractivity contribution in [2.45, 2.75) is 32.2 Å². The molecule has 1 saturated heterocycles. The van der Waals surface area contributed by atoms with Gasteiger partial charge in [-0.25, -0.2) is 13.6 Å². The van der Waals surface area contributed by atoms with Gasteiger partial charge < -0.3 is 15.0 Å². The molecule has 25 heavy (non-hydrogen) atoms. The number of nitrogens with zero attached hydrogens (tertiary/aromatic N) is 3. The van der Waals surface area contributed by atoms with Gasteiger partial charge in [-0.05, 0) is 13.1 Å². The van der Waals surface area contributed by atoms with Crippen LogP contribution in [-0.2, 0) is 4.74 Å². The van der Waals surface area contributed by atoms with E-state index in [9.17, 15) is 13.6 Å². The highest BCUT2D eigenvalue weighted by Crippen LogP contribution is 2.20. The molecule has 2 N–H and O–H groups in total. The zero-order valence-electron chi connectivity index (χ0n) is 14.7. The van der Waals surface area contributed by atoms with Crippen LogP contribution < -0.4 is 10.7 Å². The van der Waals surface area contributed by atoms with Crippen LogP contribution in [0, 0.1) is 0 Å². The second-order valence-corrected chi connectivity index (χ2v) is 6.13. The maximum Gasteiger partial charge on any atom is 0.318 e. The lowest BCUT2D eigenvalue weighted by atomic mass is 10.2. The van der Waals surface area contributed by atoms with Crippen molar-refractivity contribution in [3.05, 3.63) is 11.4 Å². The molecule has 0 aromatic heterocycles. The normalized spacial score (nSPS) is 18.1. The lowest BCUT2D eigenvalue weighted by Crippen LogP contribution is -2.44. The van der Waals surface area contributed by atoms with Crippen molar-refractivity contribution in [2.75, 3.05) is 33.9 Å². The van der Waals surface area contributed by atoms with Crippen LogP contribution in [-0.4, -0.2) is 74.0 Å². The van der Waals surface area contributed by atoms with Crippen LogP contribution in [0.3, 0.4) is 0 Å².